The van der Waals surface area contributed by atoms with E-state index in [0.29, 0.717) is 5.92 Å². The van der Waals surface area contributed by atoms with Crippen molar-refractivity contribution in [3.05, 3.63) is 33.9 Å². The van der Waals surface area contributed by atoms with Gasteiger partial charge in [0.25, 0.3) is 0 Å². The Bertz CT molecular complexity index is 501. The third-order valence-electron chi connectivity index (χ3n) is 4.27. The first-order valence-corrected chi connectivity index (χ1v) is 7.46. The third kappa shape index (κ3) is 3.51. The summed E-state index contributed by atoms with van der Waals surface area (Å²) in [7, 11) is 0. The second kappa shape index (κ2) is 6.87. The van der Waals surface area contributed by atoms with Crippen LogP contribution in [0.1, 0.15) is 31.9 Å². The Morgan fingerprint density at radius 1 is 1.43 bits per heavy atom. The zero-order chi connectivity index (χ0) is 15.4. The predicted molar refractivity (Wildman–Crippen MR) is 81.4 cm³/mol. The smallest absolute Gasteiger partial charge is 0.311 e. The molecule has 6 heteroatoms. The Morgan fingerprint density at radius 2 is 2.10 bits per heavy atom. The van der Waals surface area contributed by atoms with Gasteiger partial charge in [-0.25, -0.2) is 0 Å². The molecule has 2 N–H and O–H groups in total. The standard InChI is InChI=1S/C15H23N3O3/c1-3-11(2)15(17-8-6-16-7-9-17)12-4-5-14(19)13(10-12)18(20)21/h4-5,10-11,15-16,19H,3,6-9H2,1-2H3/t11?,15-/m0/s1. The Balaban J connectivity index is 2.36. The highest BCUT2D eigenvalue weighted by molar-refractivity contribution is 5.48. The molecule has 0 radical (unpaired) electrons. The highest BCUT2D eigenvalue weighted by atomic mass is 16.6. The zero-order valence-corrected chi connectivity index (χ0v) is 12.6. The van der Waals surface area contributed by atoms with Crippen LogP contribution in [-0.2, 0) is 0 Å². The average Bonchev–Trinajstić information content (AvgIpc) is 2.49. The van der Waals surface area contributed by atoms with Crippen LogP contribution in [0.15, 0.2) is 18.2 Å². The van der Waals surface area contributed by atoms with Crippen molar-refractivity contribution in [2.75, 3.05) is 26.2 Å². The first kappa shape index (κ1) is 15.7. The van der Waals surface area contributed by atoms with Gasteiger partial charge in [0.15, 0.2) is 5.75 Å². The van der Waals surface area contributed by atoms with Crippen molar-refractivity contribution < 1.29 is 10.0 Å². The van der Waals surface area contributed by atoms with Gasteiger partial charge in [0.2, 0.25) is 0 Å². The van der Waals surface area contributed by atoms with Crippen LogP contribution in [0.4, 0.5) is 5.69 Å². The van der Waals surface area contributed by atoms with Crippen molar-refractivity contribution in [2.45, 2.75) is 26.3 Å². The van der Waals surface area contributed by atoms with E-state index in [4.69, 9.17) is 0 Å². The van der Waals surface area contributed by atoms with Gasteiger partial charge in [0.05, 0.1) is 4.92 Å². The number of phenols is 1. The predicted octanol–water partition coefficient (Wildman–Crippen LogP) is 2.29. The molecule has 0 aromatic heterocycles. The van der Waals surface area contributed by atoms with E-state index in [0.717, 1.165) is 38.2 Å². The van der Waals surface area contributed by atoms with E-state index in [1.807, 2.05) is 0 Å². The molecule has 1 saturated heterocycles. The molecular weight excluding hydrogens is 270 g/mol. The van der Waals surface area contributed by atoms with E-state index in [1.165, 1.54) is 12.1 Å². The monoisotopic (exact) mass is 293 g/mol. The maximum absolute atomic E-state index is 11.0. The molecule has 0 bridgehead atoms. The highest BCUT2D eigenvalue weighted by Gasteiger charge is 2.28. The fourth-order valence-electron chi connectivity index (χ4n) is 2.95. The van der Waals surface area contributed by atoms with E-state index in [-0.39, 0.29) is 17.5 Å². The van der Waals surface area contributed by atoms with Crippen molar-refractivity contribution in [2.24, 2.45) is 5.92 Å². The van der Waals surface area contributed by atoms with Crippen LogP contribution in [0.3, 0.4) is 0 Å². The molecule has 2 atom stereocenters. The second-order valence-electron chi connectivity index (χ2n) is 5.62. The van der Waals surface area contributed by atoms with Gasteiger partial charge in [-0.2, -0.15) is 0 Å². The number of nitrogens with zero attached hydrogens (tertiary/aromatic N) is 2. The molecule has 1 aliphatic rings. The van der Waals surface area contributed by atoms with Crippen LogP contribution >= 0.6 is 0 Å². The van der Waals surface area contributed by atoms with Gasteiger partial charge >= 0.3 is 5.69 Å². The number of piperazine rings is 1. The number of aromatic hydroxyl groups is 1. The average molecular weight is 293 g/mol. The molecule has 1 heterocycles. The summed E-state index contributed by atoms with van der Waals surface area (Å²) in [5.74, 6) is 0.124. The Kier molecular flexibility index (Phi) is 5.14. The van der Waals surface area contributed by atoms with Crippen molar-refractivity contribution >= 4 is 5.69 Å². The van der Waals surface area contributed by atoms with E-state index in [9.17, 15) is 15.2 Å². The first-order chi connectivity index (χ1) is 10.0. The van der Waals surface area contributed by atoms with Crippen molar-refractivity contribution in [1.29, 1.82) is 0 Å². The molecule has 1 aromatic carbocycles. The molecule has 0 spiro atoms. The number of rotatable bonds is 5. The van der Waals surface area contributed by atoms with Gasteiger partial charge in [0.1, 0.15) is 0 Å². The molecule has 1 aromatic rings. The van der Waals surface area contributed by atoms with Crippen LogP contribution < -0.4 is 5.32 Å². The van der Waals surface area contributed by atoms with E-state index < -0.39 is 4.92 Å². The SMILES string of the molecule is CCC(C)[C@@H](c1ccc(O)c([N+](=O)[O-])c1)N1CCNCC1. The molecular formula is C15H23N3O3. The van der Waals surface area contributed by atoms with Crippen molar-refractivity contribution in [3.8, 4) is 5.75 Å². The maximum atomic E-state index is 11.0. The Labute approximate surface area is 124 Å². The van der Waals surface area contributed by atoms with Crippen LogP contribution in [0.2, 0.25) is 0 Å². The second-order valence-corrected chi connectivity index (χ2v) is 5.62. The summed E-state index contributed by atoms with van der Waals surface area (Å²) in [4.78, 5) is 12.9. The number of hydrogen-bond acceptors (Lipinski definition) is 5. The van der Waals surface area contributed by atoms with Crippen LogP contribution in [0, 0.1) is 16.0 Å². The molecule has 0 saturated carbocycles. The lowest BCUT2D eigenvalue weighted by atomic mass is 9.90. The third-order valence-corrected chi connectivity index (χ3v) is 4.27. The molecule has 6 nitrogen and oxygen atoms in total. The summed E-state index contributed by atoms with van der Waals surface area (Å²) in [5.41, 5.74) is 0.701. The summed E-state index contributed by atoms with van der Waals surface area (Å²) in [6, 6.07) is 4.91. The summed E-state index contributed by atoms with van der Waals surface area (Å²) < 4.78 is 0. The molecule has 2 rings (SSSR count). The minimum Gasteiger partial charge on any atom is -0.502 e. The van der Waals surface area contributed by atoms with Gasteiger partial charge in [-0.15, -0.1) is 0 Å². The summed E-state index contributed by atoms with van der Waals surface area (Å²) in [6.45, 7) is 8.05. The fourth-order valence-corrected chi connectivity index (χ4v) is 2.95. The molecule has 0 aliphatic carbocycles. The lowest BCUT2D eigenvalue weighted by Gasteiger charge is -2.38. The van der Waals surface area contributed by atoms with Crippen molar-refractivity contribution in [1.82, 2.24) is 10.2 Å². The van der Waals surface area contributed by atoms with Gasteiger partial charge < -0.3 is 10.4 Å². The van der Waals surface area contributed by atoms with E-state index >= 15 is 0 Å². The minimum atomic E-state index is -0.524. The number of hydrogen-bond donors (Lipinski definition) is 2. The molecule has 116 valence electrons. The van der Waals surface area contributed by atoms with Gasteiger partial charge in [-0.05, 0) is 17.5 Å². The maximum Gasteiger partial charge on any atom is 0.311 e. The molecule has 0 amide bonds. The number of nitrogens with one attached hydrogen (secondary N) is 1. The normalized spacial score (nSPS) is 19.1. The lowest BCUT2D eigenvalue weighted by Crippen LogP contribution is -2.46. The topological polar surface area (TPSA) is 78.6 Å². The lowest BCUT2D eigenvalue weighted by molar-refractivity contribution is -0.386. The summed E-state index contributed by atoms with van der Waals surface area (Å²) in [5, 5.41) is 24.0. The van der Waals surface area contributed by atoms with Crippen molar-refractivity contribution in [3.63, 3.8) is 0 Å². The number of nitro groups is 1. The fraction of sp³-hybridized carbons (Fsp3) is 0.600. The molecule has 21 heavy (non-hydrogen) atoms. The number of phenolic OH excluding ortho intramolecular Hbond substituents is 1. The zero-order valence-electron chi connectivity index (χ0n) is 12.6. The Hall–Kier alpha value is -1.66. The van der Waals surface area contributed by atoms with Crippen LogP contribution in [0.25, 0.3) is 0 Å². The van der Waals surface area contributed by atoms with Gasteiger partial charge in [-0.3, -0.25) is 15.0 Å². The molecule has 1 unspecified atom stereocenters. The molecule has 1 aliphatic heterocycles. The van der Waals surface area contributed by atoms with Gasteiger partial charge in [-0.1, -0.05) is 26.3 Å². The largest absolute Gasteiger partial charge is 0.502 e. The van der Waals surface area contributed by atoms with Gasteiger partial charge in [0, 0.05) is 38.3 Å². The number of benzene rings is 1. The van der Waals surface area contributed by atoms with Crippen LogP contribution in [0.5, 0.6) is 5.75 Å². The quantitative estimate of drug-likeness (QED) is 0.643. The first-order valence-electron chi connectivity index (χ1n) is 7.46. The minimum absolute atomic E-state index is 0.149. The Morgan fingerprint density at radius 3 is 2.67 bits per heavy atom. The summed E-state index contributed by atoms with van der Waals surface area (Å²) in [6.07, 6.45) is 1.00. The van der Waals surface area contributed by atoms with E-state index in [1.54, 1.807) is 6.07 Å². The highest BCUT2D eigenvalue weighted by Crippen LogP contribution is 2.35. The number of nitro benzene ring substituents is 1. The summed E-state index contributed by atoms with van der Waals surface area (Å²) >= 11 is 0. The van der Waals surface area contributed by atoms with Crippen LogP contribution in [-0.4, -0.2) is 41.1 Å². The van der Waals surface area contributed by atoms with E-state index in [2.05, 4.69) is 24.1 Å². The molecule has 1 fully saturated rings.